The van der Waals surface area contributed by atoms with Crippen LogP contribution < -0.4 is 11.1 Å². The van der Waals surface area contributed by atoms with Gasteiger partial charge in [-0.05, 0) is 25.0 Å². The maximum absolute atomic E-state index is 11.7. The molecule has 0 aliphatic heterocycles. The Morgan fingerprint density at radius 3 is 2.95 bits per heavy atom. The van der Waals surface area contributed by atoms with Crippen LogP contribution in [0, 0.1) is 11.8 Å². The van der Waals surface area contributed by atoms with Crippen molar-refractivity contribution in [2.45, 2.75) is 12.8 Å². The molecule has 1 aromatic heterocycles. The van der Waals surface area contributed by atoms with E-state index in [0.717, 1.165) is 18.4 Å². The molecule has 0 aliphatic carbocycles. The van der Waals surface area contributed by atoms with Gasteiger partial charge in [-0.15, -0.1) is 0 Å². The van der Waals surface area contributed by atoms with Crippen molar-refractivity contribution in [3.8, 4) is 11.8 Å². The third kappa shape index (κ3) is 6.00. The number of ether oxygens (including phenoxy) is 1. The van der Waals surface area contributed by atoms with Gasteiger partial charge in [0.1, 0.15) is 5.69 Å². The lowest BCUT2D eigenvalue weighted by Crippen LogP contribution is -2.25. The van der Waals surface area contributed by atoms with Crippen molar-refractivity contribution in [2.24, 2.45) is 5.73 Å². The Morgan fingerprint density at radius 2 is 2.32 bits per heavy atom. The summed E-state index contributed by atoms with van der Waals surface area (Å²) in [5.74, 6) is 5.42. The number of carbonyl (C=O) groups is 1. The molecule has 0 unspecified atom stereocenters. The number of rotatable bonds is 6. The third-order valence-corrected chi connectivity index (χ3v) is 2.39. The summed E-state index contributed by atoms with van der Waals surface area (Å²) in [5, 5.41) is 2.81. The molecule has 19 heavy (non-hydrogen) atoms. The van der Waals surface area contributed by atoms with E-state index >= 15 is 0 Å². The number of hydrogen-bond donors (Lipinski definition) is 2. The van der Waals surface area contributed by atoms with Gasteiger partial charge in [0, 0.05) is 32.0 Å². The molecule has 1 rings (SSSR count). The Kier molecular flexibility index (Phi) is 7.25. The largest absolute Gasteiger partial charge is 0.385 e. The van der Waals surface area contributed by atoms with Crippen LogP contribution in [0.1, 0.15) is 28.9 Å². The third-order valence-electron chi connectivity index (χ3n) is 2.39. The fraction of sp³-hybridized carbons (Fsp3) is 0.429. The van der Waals surface area contributed by atoms with Gasteiger partial charge in [-0.25, -0.2) is 4.98 Å². The minimum atomic E-state index is -0.171. The lowest BCUT2D eigenvalue weighted by molar-refractivity contribution is 0.0946. The molecule has 0 spiro atoms. The SMILES string of the molecule is COCCCCNC(=O)c1ccc(C#CCN)cn1. The number of nitrogens with zero attached hydrogens (tertiary/aromatic N) is 1. The molecule has 1 aromatic rings. The smallest absolute Gasteiger partial charge is 0.269 e. The standard InChI is InChI=1S/C14H19N3O2/c1-19-10-3-2-9-16-14(18)13-7-6-12(11-17-13)5-4-8-15/h6-7,11H,2-3,8-10,15H2,1H3,(H,16,18). The second-order valence-electron chi connectivity index (χ2n) is 3.89. The number of nitrogens with one attached hydrogen (secondary N) is 1. The molecular weight excluding hydrogens is 242 g/mol. The van der Waals surface area contributed by atoms with Crippen LogP contribution in [0.4, 0.5) is 0 Å². The van der Waals surface area contributed by atoms with Crippen molar-refractivity contribution in [1.29, 1.82) is 0 Å². The van der Waals surface area contributed by atoms with Gasteiger partial charge in [0.15, 0.2) is 0 Å². The highest BCUT2D eigenvalue weighted by molar-refractivity contribution is 5.92. The van der Waals surface area contributed by atoms with Crippen molar-refractivity contribution in [3.63, 3.8) is 0 Å². The van der Waals surface area contributed by atoms with Crippen LogP contribution in [-0.2, 0) is 4.74 Å². The number of unbranched alkanes of at least 4 members (excludes halogenated alkanes) is 1. The van der Waals surface area contributed by atoms with E-state index in [4.69, 9.17) is 10.5 Å². The maximum atomic E-state index is 11.7. The second kappa shape index (κ2) is 9.09. The molecule has 0 saturated heterocycles. The van der Waals surface area contributed by atoms with Crippen LogP contribution >= 0.6 is 0 Å². The Labute approximate surface area is 113 Å². The molecule has 0 bridgehead atoms. The number of methoxy groups -OCH3 is 1. The summed E-state index contributed by atoms with van der Waals surface area (Å²) in [7, 11) is 1.66. The maximum Gasteiger partial charge on any atom is 0.269 e. The highest BCUT2D eigenvalue weighted by Crippen LogP contribution is 1.99. The number of nitrogens with two attached hydrogens (primary N) is 1. The van der Waals surface area contributed by atoms with Crippen molar-refractivity contribution < 1.29 is 9.53 Å². The Balaban J connectivity index is 2.40. The fourth-order valence-corrected chi connectivity index (χ4v) is 1.42. The minimum absolute atomic E-state index is 0.171. The van der Waals surface area contributed by atoms with Crippen LogP contribution in [0.3, 0.4) is 0 Å². The predicted molar refractivity (Wildman–Crippen MR) is 73.6 cm³/mol. The summed E-state index contributed by atoms with van der Waals surface area (Å²) in [4.78, 5) is 15.8. The molecule has 1 heterocycles. The summed E-state index contributed by atoms with van der Waals surface area (Å²) in [5.41, 5.74) is 6.42. The number of hydrogen-bond acceptors (Lipinski definition) is 4. The fourth-order valence-electron chi connectivity index (χ4n) is 1.42. The Bertz CT molecular complexity index is 446. The first-order chi connectivity index (χ1) is 9.27. The van der Waals surface area contributed by atoms with Crippen LogP contribution in [0.5, 0.6) is 0 Å². The van der Waals surface area contributed by atoms with E-state index in [2.05, 4.69) is 22.1 Å². The zero-order chi connectivity index (χ0) is 13.9. The van der Waals surface area contributed by atoms with Crippen LogP contribution in [0.15, 0.2) is 18.3 Å². The molecule has 102 valence electrons. The molecule has 0 fully saturated rings. The van der Waals surface area contributed by atoms with Crippen molar-refractivity contribution in [3.05, 3.63) is 29.6 Å². The number of carbonyl (C=O) groups excluding carboxylic acids is 1. The van der Waals surface area contributed by atoms with Crippen molar-refractivity contribution in [2.75, 3.05) is 26.8 Å². The average molecular weight is 261 g/mol. The van der Waals surface area contributed by atoms with Gasteiger partial charge >= 0.3 is 0 Å². The number of amides is 1. The van der Waals surface area contributed by atoms with Gasteiger partial charge in [-0.2, -0.15) is 0 Å². The first kappa shape index (κ1) is 15.2. The van der Waals surface area contributed by atoms with Crippen LogP contribution in [-0.4, -0.2) is 37.7 Å². The lowest BCUT2D eigenvalue weighted by Gasteiger charge is -2.04. The van der Waals surface area contributed by atoms with E-state index in [0.29, 0.717) is 25.4 Å². The van der Waals surface area contributed by atoms with Crippen molar-refractivity contribution in [1.82, 2.24) is 10.3 Å². The molecule has 5 nitrogen and oxygen atoms in total. The summed E-state index contributed by atoms with van der Waals surface area (Å²) >= 11 is 0. The van der Waals surface area contributed by atoms with E-state index in [1.54, 1.807) is 25.4 Å². The van der Waals surface area contributed by atoms with Gasteiger partial charge in [-0.1, -0.05) is 11.8 Å². The predicted octanol–water partition coefficient (Wildman–Crippen LogP) is 0.548. The zero-order valence-corrected chi connectivity index (χ0v) is 11.1. The summed E-state index contributed by atoms with van der Waals surface area (Å²) in [6.07, 6.45) is 3.39. The average Bonchev–Trinajstić information content (AvgIpc) is 2.45. The summed E-state index contributed by atoms with van der Waals surface area (Å²) in [6, 6.07) is 3.42. The first-order valence-electron chi connectivity index (χ1n) is 6.20. The molecule has 0 saturated carbocycles. The minimum Gasteiger partial charge on any atom is -0.385 e. The quantitative estimate of drug-likeness (QED) is 0.579. The molecule has 0 atom stereocenters. The Hall–Kier alpha value is -1.90. The van der Waals surface area contributed by atoms with Crippen LogP contribution in [0.2, 0.25) is 0 Å². The van der Waals surface area contributed by atoms with Crippen molar-refractivity contribution >= 4 is 5.91 Å². The highest BCUT2D eigenvalue weighted by Gasteiger charge is 2.05. The van der Waals surface area contributed by atoms with Crippen LogP contribution in [0.25, 0.3) is 0 Å². The molecule has 0 aliphatic rings. The van der Waals surface area contributed by atoms with Gasteiger partial charge in [0.25, 0.3) is 5.91 Å². The zero-order valence-electron chi connectivity index (χ0n) is 11.1. The van der Waals surface area contributed by atoms with Gasteiger partial charge < -0.3 is 15.8 Å². The van der Waals surface area contributed by atoms with E-state index in [1.807, 2.05) is 0 Å². The topological polar surface area (TPSA) is 77.2 Å². The Morgan fingerprint density at radius 1 is 1.47 bits per heavy atom. The van der Waals surface area contributed by atoms with Gasteiger partial charge in [0.05, 0.1) is 6.54 Å². The molecule has 0 aromatic carbocycles. The number of pyridine rings is 1. The van der Waals surface area contributed by atoms with E-state index < -0.39 is 0 Å². The van der Waals surface area contributed by atoms with E-state index in [9.17, 15) is 4.79 Å². The monoisotopic (exact) mass is 261 g/mol. The summed E-state index contributed by atoms with van der Waals surface area (Å²) in [6.45, 7) is 1.64. The first-order valence-corrected chi connectivity index (χ1v) is 6.20. The number of aromatic nitrogens is 1. The molecular formula is C14H19N3O2. The molecule has 1 amide bonds. The van der Waals surface area contributed by atoms with Gasteiger partial charge in [0.2, 0.25) is 0 Å². The highest BCUT2D eigenvalue weighted by atomic mass is 16.5. The lowest BCUT2D eigenvalue weighted by atomic mass is 10.2. The normalized spacial score (nSPS) is 9.58. The van der Waals surface area contributed by atoms with E-state index in [-0.39, 0.29) is 5.91 Å². The molecule has 3 N–H and O–H groups in total. The second-order valence-corrected chi connectivity index (χ2v) is 3.89. The van der Waals surface area contributed by atoms with E-state index in [1.165, 1.54) is 0 Å². The molecule has 0 radical (unpaired) electrons. The van der Waals surface area contributed by atoms with Gasteiger partial charge in [-0.3, -0.25) is 4.79 Å². The summed E-state index contributed by atoms with van der Waals surface area (Å²) < 4.78 is 4.93. The molecule has 5 heteroatoms.